The van der Waals surface area contributed by atoms with Crippen molar-refractivity contribution in [1.29, 1.82) is 0 Å². The lowest BCUT2D eigenvalue weighted by Crippen LogP contribution is -2.37. The highest BCUT2D eigenvalue weighted by atomic mass is 16.2. The van der Waals surface area contributed by atoms with Gasteiger partial charge in [0.15, 0.2) is 0 Å². The van der Waals surface area contributed by atoms with Crippen molar-refractivity contribution in [3.8, 4) is 11.8 Å². The van der Waals surface area contributed by atoms with Crippen LogP contribution >= 0.6 is 0 Å². The maximum Gasteiger partial charge on any atom is 0.246 e. The van der Waals surface area contributed by atoms with Gasteiger partial charge in [-0.25, -0.2) is 0 Å². The van der Waals surface area contributed by atoms with Gasteiger partial charge in [0.25, 0.3) is 0 Å². The molecule has 0 aromatic heterocycles. The zero-order valence-electron chi connectivity index (χ0n) is 12.0. The molecule has 0 aliphatic carbocycles. The molecule has 5 nitrogen and oxygen atoms in total. The lowest BCUT2D eigenvalue weighted by atomic mass is 10.1. The molecule has 1 aliphatic heterocycles. The Hall–Kier alpha value is -2.32. The van der Waals surface area contributed by atoms with E-state index in [-0.39, 0.29) is 11.8 Å². The van der Waals surface area contributed by atoms with E-state index >= 15 is 0 Å². The van der Waals surface area contributed by atoms with Gasteiger partial charge in [0, 0.05) is 17.7 Å². The summed E-state index contributed by atoms with van der Waals surface area (Å²) < 4.78 is 0. The monoisotopic (exact) mass is 285 g/mol. The molecule has 0 spiro atoms. The van der Waals surface area contributed by atoms with E-state index in [1.807, 2.05) is 25.1 Å². The highest BCUT2D eigenvalue weighted by Crippen LogP contribution is 2.19. The van der Waals surface area contributed by atoms with E-state index < -0.39 is 6.04 Å². The van der Waals surface area contributed by atoms with Crippen LogP contribution in [0.4, 0.5) is 5.69 Å². The molecule has 1 atom stereocenters. The fraction of sp³-hybridized carbons (Fsp3) is 0.375. The first-order chi connectivity index (χ1) is 10.1. The zero-order chi connectivity index (χ0) is 15.2. The van der Waals surface area contributed by atoms with Gasteiger partial charge in [-0.05, 0) is 36.6 Å². The van der Waals surface area contributed by atoms with Crippen molar-refractivity contribution in [1.82, 2.24) is 5.32 Å². The van der Waals surface area contributed by atoms with E-state index in [2.05, 4.69) is 22.5 Å². The van der Waals surface area contributed by atoms with Gasteiger partial charge in [-0.3, -0.25) is 9.59 Å². The maximum atomic E-state index is 12.1. The average Bonchev–Trinajstić information content (AvgIpc) is 2.92. The normalized spacial score (nSPS) is 16.9. The minimum absolute atomic E-state index is 0.0710. The lowest BCUT2D eigenvalue weighted by molar-refractivity contribution is -0.122. The predicted molar refractivity (Wildman–Crippen MR) is 81.5 cm³/mol. The maximum absolute atomic E-state index is 12.1. The Kier molecular flexibility index (Phi) is 4.96. The van der Waals surface area contributed by atoms with Crippen LogP contribution in [-0.2, 0) is 16.0 Å². The molecule has 1 aliphatic rings. The second-order valence-corrected chi connectivity index (χ2v) is 4.88. The van der Waals surface area contributed by atoms with Crippen molar-refractivity contribution in [3.05, 3.63) is 29.3 Å². The summed E-state index contributed by atoms with van der Waals surface area (Å²) in [5.74, 6) is 5.54. The second kappa shape index (κ2) is 6.91. The number of amides is 2. The van der Waals surface area contributed by atoms with E-state index in [9.17, 15) is 9.59 Å². The minimum Gasteiger partial charge on any atom is -0.344 e. The molecule has 1 aromatic carbocycles. The van der Waals surface area contributed by atoms with E-state index in [1.165, 1.54) is 0 Å². The van der Waals surface area contributed by atoms with Gasteiger partial charge in [-0.1, -0.05) is 18.8 Å². The number of nitrogens with two attached hydrogens (primary N) is 1. The number of carbonyl (C=O) groups excluding carboxylic acids is 2. The van der Waals surface area contributed by atoms with E-state index in [4.69, 9.17) is 5.73 Å². The van der Waals surface area contributed by atoms with Gasteiger partial charge < -0.3 is 16.4 Å². The van der Waals surface area contributed by atoms with Crippen molar-refractivity contribution in [3.63, 3.8) is 0 Å². The molecule has 2 rings (SSSR count). The molecule has 1 saturated heterocycles. The van der Waals surface area contributed by atoms with Gasteiger partial charge in [-0.2, -0.15) is 0 Å². The standard InChI is InChI=1S/C16H19N3O2/c1-2-12-10-11(4-3-9-17)5-6-13(12)19-16(21)14-7-8-15(20)18-14/h5-6,10,14H,2,7-9,17H2,1H3,(H,18,20)(H,19,21). The number of hydrogen-bond acceptors (Lipinski definition) is 3. The number of rotatable bonds is 3. The molecule has 1 heterocycles. The molecular weight excluding hydrogens is 266 g/mol. The summed E-state index contributed by atoms with van der Waals surface area (Å²) in [5.41, 5.74) is 8.01. The van der Waals surface area contributed by atoms with Crippen LogP contribution < -0.4 is 16.4 Å². The van der Waals surface area contributed by atoms with Crippen molar-refractivity contribution in [2.75, 3.05) is 11.9 Å². The van der Waals surface area contributed by atoms with Crippen molar-refractivity contribution in [2.45, 2.75) is 32.2 Å². The van der Waals surface area contributed by atoms with Crippen LogP contribution in [0.2, 0.25) is 0 Å². The van der Waals surface area contributed by atoms with E-state index in [0.717, 1.165) is 23.2 Å². The third kappa shape index (κ3) is 3.83. The summed E-state index contributed by atoms with van der Waals surface area (Å²) in [5, 5.41) is 5.54. The SMILES string of the molecule is CCc1cc(C#CCN)ccc1NC(=O)C1CCC(=O)N1. The summed E-state index contributed by atoms with van der Waals surface area (Å²) in [6.07, 6.45) is 1.74. The van der Waals surface area contributed by atoms with Crippen LogP contribution in [0.1, 0.15) is 30.9 Å². The summed E-state index contributed by atoms with van der Waals surface area (Å²) in [6, 6.07) is 5.21. The molecule has 0 radical (unpaired) electrons. The van der Waals surface area contributed by atoms with E-state index in [1.54, 1.807) is 0 Å². The van der Waals surface area contributed by atoms with Gasteiger partial charge in [0.1, 0.15) is 6.04 Å². The first-order valence-electron chi connectivity index (χ1n) is 7.06. The molecule has 21 heavy (non-hydrogen) atoms. The Balaban J connectivity index is 2.12. The summed E-state index contributed by atoms with van der Waals surface area (Å²) in [6.45, 7) is 2.34. The smallest absolute Gasteiger partial charge is 0.246 e. The van der Waals surface area contributed by atoms with Crippen LogP contribution in [0, 0.1) is 11.8 Å². The Labute approximate surface area is 124 Å². The number of nitrogens with one attached hydrogen (secondary N) is 2. The zero-order valence-corrected chi connectivity index (χ0v) is 12.0. The molecular formula is C16H19N3O2. The van der Waals surface area contributed by atoms with Crippen molar-refractivity contribution < 1.29 is 9.59 Å². The van der Waals surface area contributed by atoms with Crippen LogP contribution in [0.25, 0.3) is 0 Å². The largest absolute Gasteiger partial charge is 0.344 e. The molecule has 110 valence electrons. The molecule has 5 heteroatoms. The van der Waals surface area contributed by atoms with Crippen LogP contribution in [0.15, 0.2) is 18.2 Å². The number of benzene rings is 1. The Morgan fingerprint density at radius 3 is 2.95 bits per heavy atom. The Bertz CT molecular complexity index is 614. The van der Waals surface area contributed by atoms with Crippen molar-refractivity contribution in [2.24, 2.45) is 5.73 Å². The number of carbonyl (C=O) groups is 2. The van der Waals surface area contributed by atoms with E-state index in [0.29, 0.717) is 19.4 Å². The topological polar surface area (TPSA) is 84.2 Å². The summed E-state index contributed by atoms with van der Waals surface area (Å²) >= 11 is 0. The molecule has 4 N–H and O–H groups in total. The highest BCUT2D eigenvalue weighted by Gasteiger charge is 2.27. The number of aryl methyl sites for hydroxylation is 1. The van der Waals surface area contributed by atoms with Crippen LogP contribution in [-0.4, -0.2) is 24.4 Å². The van der Waals surface area contributed by atoms with Gasteiger partial charge in [-0.15, -0.1) is 0 Å². The van der Waals surface area contributed by atoms with Crippen LogP contribution in [0.5, 0.6) is 0 Å². The Morgan fingerprint density at radius 2 is 2.33 bits per heavy atom. The van der Waals surface area contributed by atoms with Gasteiger partial charge in [0.2, 0.25) is 11.8 Å². The fourth-order valence-electron chi connectivity index (χ4n) is 2.27. The quantitative estimate of drug-likeness (QED) is 0.717. The molecule has 0 saturated carbocycles. The molecule has 1 unspecified atom stereocenters. The molecule has 0 bridgehead atoms. The Morgan fingerprint density at radius 1 is 1.52 bits per heavy atom. The number of hydrogen-bond donors (Lipinski definition) is 3. The fourth-order valence-corrected chi connectivity index (χ4v) is 2.27. The summed E-state index contributed by atoms with van der Waals surface area (Å²) in [7, 11) is 0. The summed E-state index contributed by atoms with van der Waals surface area (Å²) in [4.78, 5) is 23.3. The average molecular weight is 285 g/mol. The lowest BCUT2D eigenvalue weighted by Gasteiger charge is -2.14. The van der Waals surface area contributed by atoms with Crippen LogP contribution in [0.3, 0.4) is 0 Å². The molecule has 2 amide bonds. The third-order valence-electron chi connectivity index (χ3n) is 3.39. The van der Waals surface area contributed by atoms with Gasteiger partial charge in [0.05, 0.1) is 6.54 Å². The van der Waals surface area contributed by atoms with Gasteiger partial charge >= 0.3 is 0 Å². The first kappa shape index (κ1) is 15.1. The minimum atomic E-state index is -0.432. The molecule has 1 aromatic rings. The first-order valence-corrected chi connectivity index (χ1v) is 7.06. The predicted octanol–water partition coefficient (Wildman–Crippen LogP) is 0.776. The van der Waals surface area contributed by atoms with Crippen molar-refractivity contribution >= 4 is 17.5 Å². The molecule has 1 fully saturated rings. The second-order valence-electron chi connectivity index (χ2n) is 4.88. The number of anilines is 1. The third-order valence-corrected chi connectivity index (χ3v) is 3.39. The highest BCUT2D eigenvalue weighted by molar-refractivity contribution is 5.99.